The van der Waals surface area contributed by atoms with Crippen molar-refractivity contribution in [1.82, 2.24) is 4.98 Å². The van der Waals surface area contributed by atoms with Crippen LogP contribution in [0.5, 0.6) is 0 Å². The topological polar surface area (TPSA) is 62.7 Å². The zero-order valence-corrected chi connectivity index (χ0v) is 7.27. The van der Waals surface area contributed by atoms with Crippen LogP contribution in [0.15, 0.2) is 24.5 Å². The molecule has 3 nitrogen and oxygen atoms in total. The monoisotopic (exact) mass is 173 g/mol. The molecule has 1 heterocycles. The molecular weight excluding hydrogens is 162 g/mol. The van der Waals surface area contributed by atoms with Gasteiger partial charge in [-0.15, -0.1) is 0 Å². The van der Waals surface area contributed by atoms with Crippen LogP contribution in [0, 0.1) is 16.7 Å². The van der Waals surface area contributed by atoms with E-state index in [2.05, 4.69) is 11.1 Å². The van der Waals surface area contributed by atoms with Crippen molar-refractivity contribution in [2.45, 2.75) is 18.9 Å². The van der Waals surface area contributed by atoms with Gasteiger partial charge < -0.3 is 5.73 Å². The average molecular weight is 173 g/mol. The predicted octanol–water partition coefficient (Wildman–Crippen LogP) is 1.39. The summed E-state index contributed by atoms with van der Waals surface area (Å²) in [5.74, 6) is 0. The Morgan fingerprint density at radius 2 is 2.38 bits per heavy atom. The van der Waals surface area contributed by atoms with Gasteiger partial charge in [0.15, 0.2) is 0 Å². The lowest BCUT2D eigenvalue weighted by atomic mass is 9.93. The molecule has 1 aliphatic rings. The van der Waals surface area contributed by atoms with Crippen LogP contribution < -0.4 is 5.73 Å². The average Bonchev–Trinajstić information content (AvgIpc) is 2.99. The first-order valence-corrected chi connectivity index (χ1v) is 4.35. The molecule has 1 aromatic rings. The molecule has 2 rings (SSSR count). The summed E-state index contributed by atoms with van der Waals surface area (Å²) in [5, 5.41) is 8.94. The Kier molecular flexibility index (Phi) is 1.78. The second-order valence-electron chi connectivity index (χ2n) is 3.53. The van der Waals surface area contributed by atoms with E-state index in [1.807, 2.05) is 12.1 Å². The first-order chi connectivity index (χ1) is 6.28. The van der Waals surface area contributed by atoms with Crippen LogP contribution in [0.1, 0.15) is 24.4 Å². The quantitative estimate of drug-likeness (QED) is 0.735. The molecule has 1 unspecified atom stereocenters. The molecule has 0 saturated heterocycles. The lowest BCUT2D eigenvalue weighted by Gasteiger charge is -2.15. The van der Waals surface area contributed by atoms with Crippen molar-refractivity contribution in [2.24, 2.45) is 11.1 Å². The Morgan fingerprint density at radius 3 is 2.85 bits per heavy atom. The van der Waals surface area contributed by atoms with Gasteiger partial charge in [0.2, 0.25) is 0 Å². The SMILES string of the molecule is N#CC1(C(N)c2cccnc2)CC1. The molecular formula is C10H11N3. The van der Waals surface area contributed by atoms with Gasteiger partial charge in [-0.2, -0.15) is 5.26 Å². The van der Waals surface area contributed by atoms with Gasteiger partial charge >= 0.3 is 0 Å². The maximum absolute atomic E-state index is 8.94. The number of nitriles is 1. The van der Waals surface area contributed by atoms with Crippen LogP contribution in [0.25, 0.3) is 0 Å². The summed E-state index contributed by atoms with van der Waals surface area (Å²) in [4.78, 5) is 3.99. The van der Waals surface area contributed by atoms with Gasteiger partial charge in [0.1, 0.15) is 0 Å². The lowest BCUT2D eigenvalue weighted by Crippen LogP contribution is -2.21. The molecule has 1 aromatic heterocycles. The molecule has 2 N–H and O–H groups in total. The summed E-state index contributed by atoms with van der Waals surface area (Å²) in [5.41, 5.74) is 6.64. The third-order valence-electron chi connectivity index (χ3n) is 2.65. The molecule has 0 bridgehead atoms. The number of nitrogens with zero attached hydrogens (tertiary/aromatic N) is 2. The van der Waals surface area contributed by atoms with E-state index in [-0.39, 0.29) is 11.5 Å². The van der Waals surface area contributed by atoms with Crippen LogP contribution in [0.3, 0.4) is 0 Å². The number of hydrogen-bond acceptors (Lipinski definition) is 3. The van der Waals surface area contributed by atoms with Crippen LogP contribution >= 0.6 is 0 Å². The Balaban J connectivity index is 2.24. The third-order valence-corrected chi connectivity index (χ3v) is 2.65. The molecule has 0 aliphatic heterocycles. The van der Waals surface area contributed by atoms with E-state index in [0.717, 1.165) is 18.4 Å². The first kappa shape index (κ1) is 8.21. The van der Waals surface area contributed by atoms with Crippen LogP contribution in [0.4, 0.5) is 0 Å². The minimum atomic E-state index is -0.303. The Hall–Kier alpha value is -1.40. The fourth-order valence-electron chi connectivity index (χ4n) is 1.51. The van der Waals surface area contributed by atoms with Crippen molar-refractivity contribution in [3.63, 3.8) is 0 Å². The summed E-state index contributed by atoms with van der Waals surface area (Å²) in [6.07, 6.45) is 5.28. The molecule has 66 valence electrons. The van der Waals surface area contributed by atoms with Crippen molar-refractivity contribution >= 4 is 0 Å². The molecule has 3 heteroatoms. The molecule has 0 amide bonds. The number of aromatic nitrogens is 1. The molecule has 1 atom stereocenters. The number of hydrogen-bond donors (Lipinski definition) is 1. The van der Waals surface area contributed by atoms with Gasteiger partial charge in [-0.05, 0) is 24.5 Å². The highest BCUT2D eigenvalue weighted by Gasteiger charge is 2.49. The van der Waals surface area contributed by atoms with Crippen molar-refractivity contribution in [3.8, 4) is 6.07 Å². The third kappa shape index (κ3) is 1.30. The summed E-state index contributed by atoms with van der Waals surface area (Å²) < 4.78 is 0. The highest BCUT2D eigenvalue weighted by Crippen LogP contribution is 2.52. The normalized spacial score (nSPS) is 20.3. The number of rotatable bonds is 2. The van der Waals surface area contributed by atoms with Gasteiger partial charge in [-0.3, -0.25) is 4.98 Å². The maximum atomic E-state index is 8.94. The standard InChI is InChI=1S/C10H11N3/c11-7-10(3-4-10)9(12)8-2-1-5-13-6-8/h1-2,5-6,9H,3-4,12H2. The van der Waals surface area contributed by atoms with E-state index in [9.17, 15) is 0 Å². The van der Waals surface area contributed by atoms with E-state index >= 15 is 0 Å². The summed E-state index contributed by atoms with van der Waals surface area (Å²) in [6.45, 7) is 0. The molecule has 0 spiro atoms. The smallest absolute Gasteiger partial charge is 0.0767 e. The fraction of sp³-hybridized carbons (Fsp3) is 0.400. The van der Waals surface area contributed by atoms with Gasteiger partial charge in [0.25, 0.3) is 0 Å². The molecule has 1 fully saturated rings. The highest BCUT2D eigenvalue weighted by molar-refractivity contribution is 5.25. The molecule has 0 aromatic carbocycles. The van der Waals surface area contributed by atoms with Crippen LogP contribution in [-0.4, -0.2) is 4.98 Å². The van der Waals surface area contributed by atoms with E-state index < -0.39 is 0 Å². The van der Waals surface area contributed by atoms with Gasteiger partial charge in [0, 0.05) is 18.4 Å². The maximum Gasteiger partial charge on any atom is 0.0767 e. The Morgan fingerprint density at radius 1 is 1.62 bits per heavy atom. The van der Waals surface area contributed by atoms with Crippen molar-refractivity contribution < 1.29 is 0 Å². The first-order valence-electron chi connectivity index (χ1n) is 4.35. The lowest BCUT2D eigenvalue weighted by molar-refractivity contribution is 0.518. The van der Waals surface area contributed by atoms with Crippen LogP contribution in [-0.2, 0) is 0 Å². The highest BCUT2D eigenvalue weighted by atomic mass is 14.8. The van der Waals surface area contributed by atoms with Gasteiger partial charge in [-0.25, -0.2) is 0 Å². The summed E-state index contributed by atoms with van der Waals surface area (Å²) >= 11 is 0. The number of nitrogens with two attached hydrogens (primary N) is 1. The largest absolute Gasteiger partial charge is 0.323 e. The van der Waals surface area contributed by atoms with Crippen molar-refractivity contribution in [2.75, 3.05) is 0 Å². The summed E-state index contributed by atoms with van der Waals surface area (Å²) in [6, 6.07) is 5.90. The minimum absolute atomic E-state index is 0.175. The molecule has 1 saturated carbocycles. The van der Waals surface area contributed by atoms with Gasteiger partial charge in [-0.1, -0.05) is 6.07 Å². The second kappa shape index (κ2) is 2.82. The van der Waals surface area contributed by atoms with Crippen molar-refractivity contribution in [1.29, 1.82) is 5.26 Å². The zero-order valence-electron chi connectivity index (χ0n) is 7.27. The molecule has 1 aliphatic carbocycles. The Bertz CT molecular complexity index is 335. The van der Waals surface area contributed by atoms with Gasteiger partial charge in [0.05, 0.1) is 11.5 Å². The summed E-state index contributed by atoms with van der Waals surface area (Å²) in [7, 11) is 0. The minimum Gasteiger partial charge on any atom is -0.323 e. The van der Waals surface area contributed by atoms with E-state index in [0.29, 0.717) is 0 Å². The fourth-order valence-corrected chi connectivity index (χ4v) is 1.51. The van der Waals surface area contributed by atoms with E-state index in [4.69, 9.17) is 11.0 Å². The number of pyridine rings is 1. The molecule has 13 heavy (non-hydrogen) atoms. The Labute approximate surface area is 77.2 Å². The zero-order chi connectivity index (χ0) is 9.31. The second-order valence-corrected chi connectivity index (χ2v) is 3.53. The molecule has 0 radical (unpaired) electrons. The van der Waals surface area contributed by atoms with E-state index in [1.54, 1.807) is 12.4 Å². The van der Waals surface area contributed by atoms with E-state index in [1.165, 1.54) is 0 Å². The predicted molar refractivity (Wildman–Crippen MR) is 48.4 cm³/mol. The van der Waals surface area contributed by atoms with Crippen LogP contribution in [0.2, 0.25) is 0 Å². The van der Waals surface area contributed by atoms with Crippen molar-refractivity contribution in [3.05, 3.63) is 30.1 Å².